The first-order chi connectivity index (χ1) is 15.3. The molecule has 0 aliphatic carbocycles. The van der Waals surface area contributed by atoms with Crippen molar-refractivity contribution in [3.05, 3.63) is 60.7 Å². The quantitative estimate of drug-likeness (QED) is 0.244. The third-order valence-electron chi connectivity index (χ3n) is 5.37. The van der Waals surface area contributed by atoms with Crippen LogP contribution in [0.5, 0.6) is 23.0 Å². The average Bonchev–Trinajstić information content (AvgIpc) is 2.79. The summed E-state index contributed by atoms with van der Waals surface area (Å²) >= 11 is 0. The molecular formula is C28H36O3. The molecule has 3 rings (SSSR count). The predicted octanol–water partition coefficient (Wildman–Crippen LogP) is 8.55. The smallest absolute Gasteiger partial charge is 0.169 e. The van der Waals surface area contributed by atoms with E-state index in [1.54, 1.807) is 0 Å². The molecule has 0 aliphatic heterocycles. The number of fused-ring (bicyclic) bond motifs is 1. The Morgan fingerprint density at radius 3 is 1.94 bits per heavy atom. The van der Waals surface area contributed by atoms with Crippen molar-refractivity contribution in [3.8, 4) is 23.0 Å². The Kier molecular flexibility index (Phi) is 9.56. The zero-order chi connectivity index (χ0) is 21.7. The summed E-state index contributed by atoms with van der Waals surface area (Å²) in [4.78, 5) is 0. The summed E-state index contributed by atoms with van der Waals surface area (Å²) in [6.07, 6.45) is 9.54. The standard InChI is InChI=1S/C28H36O3/c1-3-5-7-12-18-29-26-17-16-23-21-28(31-25-14-10-9-11-15-25)27(22-24(23)20-26)30-19-13-8-6-4-2/h9-11,14-17,20-22H,3-8,12-13,18-19H2,1-2H3. The average molecular weight is 421 g/mol. The zero-order valence-electron chi connectivity index (χ0n) is 19.1. The van der Waals surface area contributed by atoms with E-state index in [0.717, 1.165) is 53.2 Å². The number of hydrogen-bond acceptors (Lipinski definition) is 3. The first-order valence-corrected chi connectivity index (χ1v) is 11.9. The number of hydrogen-bond donors (Lipinski definition) is 0. The molecule has 0 saturated heterocycles. The number of para-hydroxylation sites is 1. The molecule has 0 bridgehead atoms. The molecular weight excluding hydrogens is 384 g/mol. The maximum atomic E-state index is 6.17. The summed E-state index contributed by atoms with van der Waals surface area (Å²) in [7, 11) is 0. The predicted molar refractivity (Wildman–Crippen MR) is 130 cm³/mol. The maximum Gasteiger partial charge on any atom is 0.169 e. The van der Waals surface area contributed by atoms with Gasteiger partial charge in [-0.25, -0.2) is 0 Å². The molecule has 3 aromatic rings. The molecule has 166 valence electrons. The molecule has 3 aromatic carbocycles. The van der Waals surface area contributed by atoms with Crippen molar-refractivity contribution < 1.29 is 14.2 Å². The lowest BCUT2D eigenvalue weighted by Gasteiger charge is -2.15. The van der Waals surface area contributed by atoms with E-state index in [9.17, 15) is 0 Å². The van der Waals surface area contributed by atoms with Crippen LogP contribution in [-0.2, 0) is 0 Å². The monoisotopic (exact) mass is 420 g/mol. The van der Waals surface area contributed by atoms with Gasteiger partial charge in [-0.2, -0.15) is 0 Å². The van der Waals surface area contributed by atoms with Gasteiger partial charge in [0.25, 0.3) is 0 Å². The van der Waals surface area contributed by atoms with Gasteiger partial charge in [0.2, 0.25) is 0 Å². The van der Waals surface area contributed by atoms with E-state index < -0.39 is 0 Å². The van der Waals surface area contributed by atoms with E-state index in [1.165, 1.54) is 38.5 Å². The molecule has 3 heteroatoms. The van der Waals surface area contributed by atoms with Crippen molar-refractivity contribution in [2.24, 2.45) is 0 Å². The van der Waals surface area contributed by atoms with Crippen LogP contribution in [0, 0.1) is 0 Å². The van der Waals surface area contributed by atoms with Crippen LogP contribution in [0.25, 0.3) is 10.8 Å². The van der Waals surface area contributed by atoms with Gasteiger partial charge in [0.1, 0.15) is 11.5 Å². The number of unbranched alkanes of at least 4 members (excludes halogenated alkanes) is 6. The van der Waals surface area contributed by atoms with E-state index in [0.29, 0.717) is 6.61 Å². The highest BCUT2D eigenvalue weighted by molar-refractivity contribution is 5.87. The lowest BCUT2D eigenvalue weighted by atomic mass is 10.1. The zero-order valence-corrected chi connectivity index (χ0v) is 19.1. The van der Waals surface area contributed by atoms with Crippen molar-refractivity contribution in [1.29, 1.82) is 0 Å². The van der Waals surface area contributed by atoms with E-state index >= 15 is 0 Å². The normalized spacial score (nSPS) is 10.9. The maximum absolute atomic E-state index is 6.17. The summed E-state index contributed by atoms with van der Waals surface area (Å²) in [5, 5.41) is 2.22. The highest BCUT2D eigenvalue weighted by Crippen LogP contribution is 2.37. The third-order valence-corrected chi connectivity index (χ3v) is 5.37. The molecule has 0 heterocycles. The molecule has 31 heavy (non-hydrogen) atoms. The van der Waals surface area contributed by atoms with Gasteiger partial charge in [0, 0.05) is 0 Å². The highest BCUT2D eigenvalue weighted by Gasteiger charge is 2.10. The van der Waals surface area contributed by atoms with Crippen LogP contribution in [0.15, 0.2) is 60.7 Å². The highest BCUT2D eigenvalue weighted by atomic mass is 16.5. The Morgan fingerprint density at radius 2 is 1.23 bits per heavy atom. The summed E-state index contributed by atoms with van der Waals surface area (Å²) < 4.78 is 18.3. The number of rotatable bonds is 14. The van der Waals surface area contributed by atoms with Gasteiger partial charge in [-0.3, -0.25) is 0 Å². The van der Waals surface area contributed by atoms with Gasteiger partial charge in [0.15, 0.2) is 11.5 Å². The molecule has 0 atom stereocenters. The molecule has 3 nitrogen and oxygen atoms in total. The molecule has 0 radical (unpaired) electrons. The minimum Gasteiger partial charge on any atom is -0.494 e. The largest absolute Gasteiger partial charge is 0.494 e. The SMILES string of the molecule is CCCCCCOc1ccc2cc(Oc3ccccc3)c(OCCCCCC)cc2c1. The Morgan fingerprint density at radius 1 is 0.548 bits per heavy atom. The third kappa shape index (κ3) is 7.50. The van der Waals surface area contributed by atoms with E-state index in [2.05, 4.69) is 38.1 Å². The Bertz CT molecular complexity index is 905. The Balaban J connectivity index is 1.75. The molecule has 0 unspecified atom stereocenters. The number of benzene rings is 3. The van der Waals surface area contributed by atoms with Gasteiger partial charge < -0.3 is 14.2 Å². The van der Waals surface area contributed by atoms with Crippen molar-refractivity contribution in [3.63, 3.8) is 0 Å². The molecule has 0 N–H and O–H groups in total. The van der Waals surface area contributed by atoms with Crippen LogP contribution in [0.3, 0.4) is 0 Å². The molecule has 0 fully saturated rings. The van der Waals surface area contributed by atoms with Gasteiger partial charge in [-0.1, -0.05) is 76.6 Å². The second-order valence-electron chi connectivity index (χ2n) is 8.04. The number of ether oxygens (including phenoxy) is 3. The van der Waals surface area contributed by atoms with Crippen LogP contribution < -0.4 is 14.2 Å². The molecule has 0 saturated carbocycles. The van der Waals surface area contributed by atoms with Crippen LogP contribution in [0.1, 0.15) is 65.2 Å². The summed E-state index contributed by atoms with van der Waals surface area (Å²) in [5.74, 6) is 3.26. The van der Waals surface area contributed by atoms with Crippen molar-refractivity contribution in [2.45, 2.75) is 65.2 Å². The summed E-state index contributed by atoms with van der Waals surface area (Å²) in [6, 6.07) is 20.3. The van der Waals surface area contributed by atoms with Gasteiger partial charge >= 0.3 is 0 Å². The first kappa shape index (κ1) is 23.0. The lowest BCUT2D eigenvalue weighted by Crippen LogP contribution is -2.00. The summed E-state index contributed by atoms with van der Waals surface area (Å²) in [6.45, 7) is 5.91. The van der Waals surface area contributed by atoms with Crippen LogP contribution >= 0.6 is 0 Å². The minimum absolute atomic E-state index is 0.699. The first-order valence-electron chi connectivity index (χ1n) is 11.9. The van der Waals surface area contributed by atoms with E-state index in [-0.39, 0.29) is 0 Å². The van der Waals surface area contributed by atoms with Crippen molar-refractivity contribution in [1.82, 2.24) is 0 Å². The van der Waals surface area contributed by atoms with Gasteiger partial charge in [-0.15, -0.1) is 0 Å². The van der Waals surface area contributed by atoms with Crippen LogP contribution in [-0.4, -0.2) is 13.2 Å². The van der Waals surface area contributed by atoms with Crippen molar-refractivity contribution >= 4 is 10.8 Å². The van der Waals surface area contributed by atoms with Gasteiger partial charge in [-0.05, 0) is 60.0 Å². The topological polar surface area (TPSA) is 27.7 Å². The second kappa shape index (κ2) is 12.9. The van der Waals surface area contributed by atoms with E-state index in [4.69, 9.17) is 14.2 Å². The molecule has 0 aromatic heterocycles. The summed E-state index contributed by atoms with van der Waals surface area (Å²) in [5.41, 5.74) is 0. The lowest BCUT2D eigenvalue weighted by molar-refractivity contribution is 0.292. The fraction of sp³-hybridized carbons (Fsp3) is 0.429. The minimum atomic E-state index is 0.699. The molecule has 0 amide bonds. The van der Waals surface area contributed by atoms with Gasteiger partial charge in [0.05, 0.1) is 13.2 Å². The van der Waals surface area contributed by atoms with Crippen LogP contribution in [0.2, 0.25) is 0 Å². The Labute approximate surface area is 187 Å². The Hall–Kier alpha value is -2.68. The van der Waals surface area contributed by atoms with Crippen molar-refractivity contribution in [2.75, 3.05) is 13.2 Å². The molecule has 0 spiro atoms. The fourth-order valence-electron chi connectivity index (χ4n) is 3.56. The van der Waals surface area contributed by atoms with Crippen LogP contribution in [0.4, 0.5) is 0 Å². The fourth-order valence-corrected chi connectivity index (χ4v) is 3.56. The van der Waals surface area contributed by atoms with E-state index in [1.807, 2.05) is 36.4 Å². The second-order valence-corrected chi connectivity index (χ2v) is 8.04. The molecule has 0 aliphatic rings.